The summed E-state index contributed by atoms with van der Waals surface area (Å²) in [7, 11) is 0. The molecule has 0 aromatic rings. The molecule has 0 aromatic carbocycles. The lowest BCUT2D eigenvalue weighted by atomic mass is 9.62. The Hall–Kier alpha value is -1.62. The van der Waals surface area contributed by atoms with Gasteiger partial charge in [0.25, 0.3) is 0 Å². The zero-order chi connectivity index (χ0) is 18.5. The van der Waals surface area contributed by atoms with Gasteiger partial charge in [0, 0.05) is 12.8 Å². The summed E-state index contributed by atoms with van der Waals surface area (Å²) >= 11 is 0. The number of amides is 1. The smallest absolute Gasteiger partial charge is 0.315 e. The van der Waals surface area contributed by atoms with Crippen LogP contribution in [0.5, 0.6) is 0 Å². The summed E-state index contributed by atoms with van der Waals surface area (Å²) in [6, 6.07) is 0. The van der Waals surface area contributed by atoms with Crippen LogP contribution >= 0.6 is 0 Å². The average molecular weight is 359 g/mol. The van der Waals surface area contributed by atoms with Gasteiger partial charge in [-0.15, -0.1) is 0 Å². The van der Waals surface area contributed by atoms with Gasteiger partial charge in [-0.05, 0) is 37.2 Å². The van der Waals surface area contributed by atoms with Gasteiger partial charge in [-0.25, -0.2) is 0 Å². The molecule has 1 amide bonds. The number of piperazine rings is 1. The van der Waals surface area contributed by atoms with Gasteiger partial charge >= 0.3 is 5.97 Å². The van der Waals surface area contributed by atoms with Crippen LogP contribution in [0.15, 0.2) is 23.3 Å². The second-order valence-corrected chi connectivity index (χ2v) is 8.89. The molecule has 2 aliphatic carbocycles. The maximum absolute atomic E-state index is 12.6. The van der Waals surface area contributed by atoms with Crippen LogP contribution in [-0.4, -0.2) is 55.6 Å². The molecule has 5 heteroatoms. The zero-order valence-corrected chi connectivity index (χ0v) is 16.2. The molecular formula is C21H31N2O3+. The molecule has 0 radical (unpaired) electrons. The summed E-state index contributed by atoms with van der Waals surface area (Å²) in [5.41, 5.74) is 3.00. The van der Waals surface area contributed by atoms with E-state index in [-0.39, 0.29) is 35.2 Å². The van der Waals surface area contributed by atoms with Crippen molar-refractivity contribution in [1.82, 2.24) is 4.90 Å². The van der Waals surface area contributed by atoms with Crippen LogP contribution < -0.4 is 4.90 Å². The minimum atomic E-state index is -0.0364. The molecule has 26 heavy (non-hydrogen) atoms. The number of ether oxygens (including phenoxy) is 1. The zero-order valence-electron chi connectivity index (χ0n) is 16.2. The van der Waals surface area contributed by atoms with E-state index in [1.807, 2.05) is 4.90 Å². The fraction of sp³-hybridized carbons (Fsp3) is 0.714. The molecule has 0 aromatic heterocycles. The quantitative estimate of drug-likeness (QED) is 0.748. The number of hydrogen-bond acceptors (Lipinski definition) is 3. The van der Waals surface area contributed by atoms with Crippen molar-refractivity contribution in [2.45, 2.75) is 46.1 Å². The maximum Gasteiger partial charge on any atom is 0.315 e. The van der Waals surface area contributed by atoms with Gasteiger partial charge < -0.3 is 14.5 Å². The third kappa shape index (κ3) is 3.00. The average Bonchev–Trinajstić information content (AvgIpc) is 2.88. The fourth-order valence-electron chi connectivity index (χ4n) is 5.51. The monoisotopic (exact) mass is 359 g/mol. The van der Waals surface area contributed by atoms with Crippen molar-refractivity contribution in [2.24, 2.45) is 17.3 Å². The van der Waals surface area contributed by atoms with E-state index in [4.69, 9.17) is 4.74 Å². The number of carbonyl (C=O) groups is 2. The molecule has 2 aliphatic heterocycles. The van der Waals surface area contributed by atoms with Crippen molar-refractivity contribution in [3.05, 3.63) is 23.3 Å². The van der Waals surface area contributed by atoms with Crippen LogP contribution in [0.2, 0.25) is 0 Å². The van der Waals surface area contributed by atoms with Gasteiger partial charge in [-0.1, -0.05) is 24.6 Å². The first-order valence-electron chi connectivity index (χ1n) is 10.1. The van der Waals surface area contributed by atoms with E-state index in [1.54, 1.807) is 6.92 Å². The Labute approximate surface area is 156 Å². The lowest BCUT2D eigenvalue weighted by Crippen LogP contribution is -3.15. The van der Waals surface area contributed by atoms with E-state index in [9.17, 15) is 9.59 Å². The number of allylic oxidation sites excluding steroid dienone is 3. The highest BCUT2D eigenvalue weighted by atomic mass is 16.6. The topological polar surface area (TPSA) is 51.1 Å². The molecule has 2 heterocycles. The predicted octanol–water partition coefficient (Wildman–Crippen LogP) is 0.968. The van der Waals surface area contributed by atoms with E-state index >= 15 is 0 Å². The minimum Gasteiger partial charge on any atom is -0.461 e. The molecule has 142 valence electrons. The summed E-state index contributed by atoms with van der Waals surface area (Å²) < 4.78 is 5.85. The molecule has 0 spiro atoms. The normalized spacial score (nSPS) is 37.4. The van der Waals surface area contributed by atoms with Gasteiger partial charge in [-0.2, -0.15) is 0 Å². The molecule has 1 N–H and O–H groups in total. The number of carbonyl (C=O) groups excluding carboxylic acids is 2. The Morgan fingerprint density at radius 2 is 2.12 bits per heavy atom. The highest BCUT2D eigenvalue weighted by Gasteiger charge is 2.52. The Morgan fingerprint density at radius 1 is 1.38 bits per heavy atom. The molecule has 0 saturated carbocycles. The van der Waals surface area contributed by atoms with Gasteiger partial charge in [0.1, 0.15) is 12.0 Å². The van der Waals surface area contributed by atoms with Crippen molar-refractivity contribution < 1.29 is 19.2 Å². The minimum absolute atomic E-state index is 0.0118. The van der Waals surface area contributed by atoms with Crippen LogP contribution in [0.4, 0.5) is 0 Å². The molecule has 4 rings (SSSR count). The third-order valence-corrected chi connectivity index (χ3v) is 7.12. The molecular weight excluding hydrogens is 328 g/mol. The first-order chi connectivity index (χ1) is 12.4. The Kier molecular flexibility index (Phi) is 4.46. The second-order valence-electron chi connectivity index (χ2n) is 8.89. The van der Waals surface area contributed by atoms with Crippen LogP contribution in [0.3, 0.4) is 0 Å². The highest BCUT2D eigenvalue weighted by Crippen LogP contribution is 2.52. The number of fused-ring (bicyclic) bond motifs is 2. The van der Waals surface area contributed by atoms with Gasteiger partial charge in [0.2, 0.25) is 5.91 Å². The second kappa shape index (κ2) is 6.52. The van der Waals surface area contributed by atoms with E-state index in [0.717, 1.165) is 52.0 Å². The number of nitrogens with one attached hydrogen (secondary N) is 1. The molecule has 2 saturated heterocycles. The summed E-state index contributed by atoms with van der Waals surface area (Å²) in [6.45, 7) is 10.4. The van der Waals surface area contributed by atoms with Crippen molar-refractivity contribution in [3.63, 3.8) is 0 Å². The molecule has 5 nitrogen and oxygen atoms in total. The van der Waals surface area contributed by atoms with E-state index < -0.39 is 0 Å². The highest BCUT2D eigenvalue weighted by molar-refractivity contribution is 5.76. The van der Waals surface area contributed by atoms with Crippen molar-refractivity contribution in [3.8, 4) is 0 Å². The molecule has 2 fully saturated rings. The van der Waals surface area contributed by atoms with Crippen molar-refractivity contribution >= 4 is 11.9 Å². The van der Waals surface area contributed by atoms with Crippen LogP contribution in [0.1, 0.15) is 40.0 Å². The lowest BCUT2D eigenvalue weighted by molar-refractivity contribution is -0.906. The summed E-state index contributed by atoms with van der Waals surface area (Å²) in [6.07, 6.45) is 8.00. The van der Waals surface area contributed by atoms with Crippen molar-refractivity contribution in [1.29, 1.82) is 0 Å². The number of quaternary nitrogens is 1. The first kappa shape index (κ1) is 17.8. The number of hydrogen-bond donors (Lipinski definition) is 1. The number of esters is 1. The maximum atomic E-state index is 12.6. The number of nitrogens with zero attached hydrogens (tertiary/aromatic N) is 1. The van der Waals surface area contributed by atoms with Crippen molar-refractivity contribution in [2.75, 3.05) is 32.7 Å². The van der Waals surface area contributed by atoms with E-state index in [0.29, 0.717) is 0 Å². The van der Waals surface area contributed by atoms with Crippen LogP contribution in [-0.2, 0) is 14.3 Å². The Balaban J connectivity index is 1.50. The van der Waals surface area contributed by atoms with E-state index in [2.05, 4.69) is 26.0 Å². The molecule has 0 bridgehead atoms. The van der Waals surface area contributed by atoms with Gasteiger partial charge in [-0.3, -0.25) is 9.59 Å². The third-order valence-electron chi connectivity index (χ3n) is 7.12. The van der Waals surface area contributed by atoms with Crippen LogP contribution in [0, 0.1) is 17.3 Å². The van der Waals surface area contributed by atoms with E-state index in [1.165, 1.54) is 16.0 Å². The molecule has 4 atom stereocenters. The van der Waals surface area contributed by atoms with Gasteiger partial charge in [0.15, 0.2) is 0 Å². The van der Waals surface area contributed by atoms with Crippen LogP contribution in [0.25, 0.3) is 0 Å². The molecule has 0 unspecified atom stereocenters. The fourth-order valence-corrected chi connectivity index (χ4v) is 5.51. The molecule has 4 aliphatic rings. The Bertz CT molecular complexity index is 675. The first-order valence-corrected chi connectivity index (χ1v) is 10.1. The SMILES string of the molecule is CC(=O)N1CC[NH+](C[C@@H]2C(=O)O[C@@H]3C[C@@]4(C)CCC=C(C)C4=C[C@H]23)CC1. The summed E-state index contributed by atoms with van der Waals surface area (Å²) in [5.74, 6) is 0.318. The Morgan fingerprint density at radius 3 is 2.81 bits per heavy atom. The summed E-state index contributed by atoms with van der Waals surface area (Å²) in [4.78, 5) is 27.5. The van der Waals surface area contributed by atoms with Gasteiger partial charge in [0.05, 0.1) is 32.7 Å². The predicted molar refractivity (Wildman–Crippen MR) is 98.5 cm³/mol. The standard InChI is InChI=1S/C21H30N2O3/c1-14-5-4-6-21(3)12-19-16(11-18(14)21)17(20(25)26-19)13-22-7-9-23(10-8-22)15(2)24/h5,11,16-17,19H,4,6-10,12-13H2,1-3H3/p+1/t16-,17+,19-,21-/m1/s1. The largest absolute Gasteiger partial charge is 0.461 e. The number of rotatable bonds is 2. The summed E-state index contributed by atoms with van der Waals surface area (Å²) in [5, 5.41) is 0. The lowest BCUT2D eigenvalue weighted by Gasteiger charge is -2.43.